The summed E-state index contributed by atoms with van der Waals surface area (Å²) < 4.78 is 189. The van der Waals surface area contributed by atoms with Gasteiger partial charge in [0.1, 0.15) is 114 Å². The second kappa shape index (κ2) is 34.7. The second-order valence-electron chi connectivity index (χ2n) is 29.2. The summed E-state index contributed by atoms with van der Waals surface area (Å²) in [6.07, 6.45) is -12.3. The Balaban J connectivity index is 0.532. The van der Waals surface area contributed by atoms with Gasteiger partial charge >= 0.3 is 46.9 Å². The largest absolute Gasteiger partial charge is 0.472 e. The molecule has 6 saturated heterocycles. The van der Waals surface area contributed by atoms with E-state index in [0.29, 0.717) is 5.65 Å². The minimum atomic E-state index is -5.41. The van der Waals surface area contributed by atoms with Crippen molar-refractivity contribution in [3.05, 3.63) is 75.9 Å². The summed E-state index contributed by atoms with van der Waals surface area (Å²) in [4.78, 5) is 151. The monoisotopic (exact) mass is 1900 g/mol. The average molecular weight is 1900 g/mol. The lowest BCUT2D eigenvalue weighted by molar-refractivity contribution is -0.0655. The lowest BCUT2D eigenvalue weighted by Crippen LogP contribution is -2.27. The number of nitrogen functional groups attached to an aromatic ring is 6. The number of ether oxygens (including phenoxy) is 6. The summed E-state index contributed by atoms with van der Waals surface area (Å²) in [6.45, 7) is -4.63. The summed E-state index contributed by atoms with van der Waals surface area (Å²) in [5.41, 5.74) is 37.7. The van der Waals surface area contributed by atoms with Gasteiger partial charge in [0.25, 0.3) is 0 Å². The number of rotatable bonds is 34. The molecule has 23 atom stereocenters. The first-order chi connectivity index (χ1) is 60.5. The predicted octanol–water partition coefficient (Wildman–Crippen LogP) is 0.225. The highest BCUT2D eigenvalue weighted by atomic mass is 31.2. The van der Waals surface area contributed by atoms with Crippen LogP contribution in [0.2, 0.25) is 0 Å². The fraction of sp³-hybridized carbons (Fsp3) is 0.500. The third-order valence-electron chi connectivity index (χ3n) is 20.8. The highest BCUT2D eigenvalue weighted by molar-refractivity contribution is 7.48. The fourth-order valence-corrected chi connectivity index (χ4v) is 20.4. The molecule has 0 bridgehead atoms. The Hall–Kier alpha value is -9.52. The third-order valence-corrected chi connectivity index (χ3v) is 26.3. The van der Waals surface area contributed by atoms with Crippen molar-refractivity contribution in [2.24, 2.45) is 0 Å². The molecule has 12 aromatic rings. The maximum absolute atomic E-state index is 14.5. The zero-order valence-corrected chi connectivity index (χ0v) is 70.0. The zero-order valence-electron chi connectivity index (χ0n) is 64.7. The van der Waals surface area contributed by atoms with E-state index in [1.54, 1.807) is 0 Å². The highest BCUT2D eigenvalue weighted by Crippen LogP contribution is 2.58. The van der Waals surface area contributed by atoms with Gasteiger partial charge in [0.2, 0.25) is 0 Å². The Kier molecular flexibility index (Phi) is 24.1. The van der Waals surface area contributed by atoms with Crippen LogP contribution in [0.15, 0.2) is 75.9 Å². The number of fused-ring (bicyclic) bond motifs is 6. The summed E-state index contributed by atoms with van der Waals surface area (Å²) >= 11 is 0. The molecule has 0 aromatic carbocycles. The van der Waals surface area contributed by atoms with E-state index in [-0.39, 0.29) is 116 Å². The molecule has 12 aromatic heterocycles. The van der Waals surface area contributed by atoms with Crippen LogP contribution in [0.3, 0.4) is 0 Å². The summed E-state index contributed by atoms with van der Waals surface area (Å²) in [6, 6.07) is 0. The Morgan fingerprint density at radius 1 is 0.291 bits per heavy atom. The summed E-state index contributed by atoms with van der Waals surface area (Å²) in [7, 11) is -31.6. The van der Waals surface area contributed by atoms with Gasteiger partial charge in [-0.3, -0.25) is 77.2 Å². The van der Waals surface area contributed by atoms with Crippen LogP contribution < -0.4 is 34.4 Å². The van der Waals surface area contributed by atoms with E-state index in [4.69, 9.17) is 108 Å². The van der Waals surface area contributed by atoms with Crippen LogP contribution in [0.25, 0.3) is 67.0 Å². The van der Waals surface area contributed by atoms with E-state index in [0.717, 1.165) is 31.6 Å². The number of nitrogens with two attached hydrogens (primary N) is 6. The first-order valence-electron chi connectivity index (χ1n) is 37.7. The molecular weight excluding hydrogens is 1820 g/mol. The van der Waals surface area contributed by atoms with Crippen LogP contribution in [0.5, 0.6) is 0 Å². The van der Waals surface area contributed by atoms with E-state index in [9.17, 15) is 66.8 Å². The molecule has 67 heteroatoms. The van der Waals surface area contributed by atoms with Crippen molar-refractivity contribution < 1.29 is 145 Å². The van der Waals surface area contributed by atoms with Crippen LogP contribution in [-0.2, 0) is 106 Å². The van der Waals surface area contributed by atoms with Gasteiger partial charge in [0.05, 0.1) is 114 Å². The zero-order chi connectivity index (χ0) is 89.0. The number of hydrogen-bond donors (Lipinski definition) is 14. The molecule has 5 unspecified atom stereocenters. The highest BCUT2D eigenvalue weighted by Gasteiger charge is 2.52. The first-order valence-corrected chi connectivity index (χ1v) is 46.7. The van der Waals surface area contributed by atoms with Crippen LogP contribution in [-0.4, -0.2) is 269 Å². The fourth-order valence-electron chi connectivity index (χ4n) is 15.3. The topological polar surface area (TPSA) is 839 Å². The maximum atomic E-state index is 14.5. The van der Waals surface area contributed by atoms with Gasteiger partial charge in [-0.2, -0.15) is 0 Å². The average Bonchev–Trinajstić information content (AvgIpc) is 1.64. The number of nitrogens with zero attached hydrogens (tertiary/aromatic N) is 24. The molecule has 6 fully saturated rings. The quantitative estimate of drug-likeness (QED) is 0.0240. The number of phosphoric acid groups is 6. The third kappa shape index (κ3) is 18.7. The molecule has 0 radical (unpaired) electrons. The Bertz CT molecular complexity index is 6430. The molecule has 127 heavy (non-hydrogen) atoms. The molecule has 0 saturated carbocycles. The Morgan fingerprint density at radius 3 is 0.740 bits per heavy atom. The van der Waals surface area contributed by atoms with Crippen molar-refractivity contribution in [3.63, 3.8) is 0 Å². The van der Waals surface area contributed by atoms with E-state index in [1.807, 2.05) is 0 Å². The number of aromatic nitrogens is 24. The van der Waals surface area contributed by atoms with Gasteiger partial charge in [0, 0.05) is 38.5 Å². The lowest BCUT2D eigenvalue weighted by atomic mass is 10.2. The van der Waals surface area contributed by atoms with Gasteiger partial charge in [0.15, 0.2) is 99.9 Å². The van der Waals surface area contributed by atoms with Crippen molar-refractivity contribution in [3.8, 4) is 0 Å². The maximum Gasteiger partial charge on any atom is 0.472 e. The van der Waals surface area contributed by atoms with E-state index in [1.165, 1.54) is 71.7 Å². The minimum absolute atomic E-state index is 0.0179. The molecule has 6 aliphatic heterocycles. The Morgan fingerprint density at radius 2 is 0.504 bits per heavy atom. The Labute approximate surface area is 707 Å². The van der Waals surface area contributed by atoms with Crippen LogP contribution >= 0.6 is 46.9 Å². The molecule has 20 N–H and O–H groups in total. The lowest BCUT2D eigenvalue weighted by Gasteiger charge is -2.24. The summed E-state index contributed by atoms with van der Waals surface area (Å²) in [5, 5.41) is 11.0. The molecule has 6 aliphatic rings. The normalized spacial score (nSPS) is 29.0. The minimum Gasteiger partial charge on any atom is -0.390 e. The smallest absolute Gasteiger partial charge is 0.390 e. The number of aliphatic hydroxyl groups is 1. The van der Waals surface area contributed by atoms with Crippen molar-refractivity contribution in [1.82, 2.24) is 117 Å². The number of hydrogen-bond acceptors (Lipinski definition) is 48. The van der Waals surface area contributed by atoms with Gasteiger partial charge in [-0.15, -0.1) is 0 Å². The SMILES string of the molecule is Nc1ncnc2c1ncn2[C@@H]1O[C@H](COP(=O)(O)O)C[C@H]1OP(=O)(O)OC[C@@H]1C[C@@H](OP(=O)(O)OC[C@@H]2C[C@@H](OP(=O)(O)OC[C@@H]3C[C@@H](OP(=O)(O)OC[C@@H]4C[C@@H](OP(=O)(O)OC[C@H]5O[C@@H](n6cnc7c(N)ncnc76)C[C@@H]5O)[C@H](n5cnc6c(N)ncnc65)O4)[C@H](n4cnc5c(N)ncnc54)O3)[C@H](n3cnc4c(N)ncnc43)O2)[C@H](n2cnc3c(N)ncnc32)O1. The molecule has 61 nitrogen and oxygen atoms in total. The predicted molar refractivity (Wildman–Crippen MR) is 417 cm³/mol. The second-order valence-corrected chi connectivity index (χ2v) is 37.4. The van der Waals surface area contributed by atoms with Crippen LogP contribution in [0, 0.1) is 0 Å². The first kappa shape index (κ1) is 88.1. The molecule has 0 amide bonds. The summed E-state index contributed by atoms with van der Waals surface area (Å²) in [5.74, 6) is -0.222. The van der Waals surface area contributed by atoms with Crippen molar-refractivity contribution >= 4 is 149 Å². The molecule has 18 rings (SSSR count). The van der Waals surface area contributed by atoms with Crippen LogP contribution in [0.4, 0.5) is 34.9 Å². The van der Waals surface area contributed by atoms with Gasteiger partial charge in [-0.25, -0.2) is 117 Å². The van der Waals surface area contributed by atoms with E-state index >= 15 is 0 Å². The number of imidazole rings is 6. The molecule has 680 valence electrons. The van der Waals surface area contributed by atoms with E-state index in [2.05, 4.69) is 94.2 Å². The molecular formula is C60H74N30O31P6. The number of phosphoric ester groups is 6. The van der Waals surface area contributed by atoms with Crippen molar-refractivity contribution in [2.45, 2.75) is 149 Å². The molecule has 18 heterocycles. The number of anilines is 6. The van der Waals surface area contributed by atoms with Crippen molar-refractivity contribution in [2.75, 3.05) is 74.0 Å². The standard InChI is InChI=1S/C60H74N30O31P6/c61-44-38-50(73-13-67-44)85(19-79-38)37-6-30(91)36(116-37)12-110-127(103,104)121-35-5-29(115-60(35)90-24-84-43-49(66)72-18-78-55(43)90)11-109-126(101,102)120-34-4-28(114-59(34)89-23-83-42-48(65)71-17-77-54(42)89)10-108-125(99,100)119-33-3-27(113-58(33)88-22-82-41-47(64)70-16-76-53(41)88)9-107-124(97,98)118-32-2-26(112-57(32)87-21-81-40-46(63)69-15-75-52(40)87)8-106-123(95,96)117-31-1-25(7-105-122(92,93)94)111-56(31)86-20-80-39-45(62)68-14-74-51(39)86/h13-37,56-60,91H,1-12H2,(H,95,96)(H,97,98)(H,99,100)(H,101,102)(H,103,104)(H2,61,67,73)(H2,62,68,74)(H2,63,69,75)(H2,64,70,76)(H2,65,71,77)(H2,66,72,78)(H2,92,93,94)/t25-,26-,27-,28-,29-,30-,31+,32+,33+,34+,35+,36+,37+,56+,57+,58+,59+,60+/m0/s1. The van der Waals surface area contributed by atoms with Gasteiger partial charge < -0.3 is 102 Å². The van der Waals surface area contributed by atoms with E-state index < -0.39 is 216 Å². The van der Waals surface area contributed by atoms with Gasteiger partial charge in [-0.05, 0) is 0 Å². The molecule has 0 spiro atoms. The molecule has 0 aliphatic carbocycles. The van der Waals surface area contributed by atoms with Gasteiger partial charge in [-0.1, -0.05) is 0 Å². The van der Waals surface area contributed by atoms with Crippen molar-refractivity contribution in [1.29, 1.82) is 0 Å². The van der Waals surface area contributed by atoms with Crippen LogP contribution in [0.1, 0.15) is 75.9 Å². The number of aliphatic hydroxyl groups excluding tert-OH is 1.